The van der Waals surface area contributed by atoms with Crippen molar-refractivity contribution in [2.75, 3.05) is 18.0 Å². The van der Waals surface area contributed by atoms with Gasteiger partial charge in [-0.25, -0.2) is 0 Å². The van der Waals surface area contributed by atoms with Gasteiger partial charge in [-0.15, -0.1) is 0 Å². The highest BCUT2D eigenvalue weighted by Crippen LogP contribution is 2.40. The molecule has 3 rings (SSSR count). The average Bonchev–Trinajstić information content (AvgIpc) is 2.92. The summed E-state index contributed by atoms with van der Waals surface area (Å²) >= 11 is 0. The molecule has 3 atom stereocenters. The number of para-hydroxylation sites is 1. The highest BCUT2D eigenvalue weighted by atomic mass is 16.3. The molecule has 2 N–H and O–H groups in total. The number of rotatable bonds is 2. The Balaban J connectivity index is 1.82. The third-order valence-electron chi connectivity index (χ3n) is 4.32. The smallest absolute Gasteiger partial charge is 0.0702 e. The van der Waals surface area contributed by atoms with Crippen molar-refractivity contribution in [3.63, 3.8) is 0 Å². The van der Waals surface area contributed by atoms with Crippen molar-refractivity contribution in [1.82, 2.24) is 0 Å². The van der Waals surface area contributed by atoms with Crippen molar-refractivity contribution in [2.24, 2.45) is 11.8 Å². The number of aliphatic hydroxyl groups excluding tert-OH is 2. The Kier molecular flexibility index (Phi) is 2.81. The zero-order chi connectivity index (χ0) is 11.8. The largest absolute Gasteiger partial charge is 0.393 e. The summed E-state index contributed by atoms with van der Waals surface area (Å²) in [5.41, 5.74) is 2.12. The van der Waals surface area contributed by atoms with E-state index in [9.17, 15) is 10.2 Å². The van der Waals surface area contributed by atoms with E-state index >= 15 is 0 Å². The number of hydrogen-bond acceptors (Lipinski definition) is 3. The summed E-state index contributed by atoms with van der Waals surface area (Å²) in [5, 5.41) is 19.3. The lowest BCUT2D eigenvalue weighted by atomic mass is 10.00. The van der Waals surface area contributed by atoms with E-state index in [-0.39, 0.29) is 12.7 Å². The van der Waals surface area contributed by atoms with Crippen LogP contribution in [-0.4, -0.2) is 29.4 Å². The maximum absolute atomic E-state index is 9.91. The van der Waals surface area contributed by atoms with E-state index in [0.29, 0.717) is 11.8 Å². The van der Waals surface area contributed by atoms with E-state index < -0.39 is 0 Å². The van der Waals surface area contributed by atoms with Crippen molar-refractivity contribution < 1.29 is 10.2 Å². The number of benzene rings is 1. The summed E-state index contributed by atoms with van der Waals surface area (Å²) in [6.45, 7) is 2.05. The van der Waals surface area contributed by atoms with Gasteiger partial charge in [0, 0.05) is 30.3 Å². The monoisotopic (exact) mass is 233 g/mol. The Bertz CT molecular complexity index is 407. The SMILES string of the molecule is OCc1ccccc1N1CC2CCC(O)C2C1. The predicted octanol–water partition coefficient (Wildman–Crippen LogP) is 1.39. The van der Waals surface area contributed by atoms with E-state index in [1.165, 1.54) is 0 Å². The molecule has 1 aromatic rings. The molecule has 1 heterocycles. The molecule has 3 unspecified atom stereocenters. The molecule has 1 aromatic carbocycles. The molecule has 2 aliphatic rings. The Labute approximate surface area is 102 Å². The Morgan fingerprint density at radius 2 is 2.00 bits per heavy atom. The third kappa shape index (κ3) is 1.83. The lowest BCUT2D eigenvalue weighted by Gasteiger charge is -2.22. The number of anilines is 1. The summed E-state index contributed by atoms with van der Waals surface area (Å²) in [4.78, 5) is 2.32. The van der Waals surface area contributed by atoms with Gasteiger partial charge in [0.1, 0.15) is 0 Å². The van der Waals surface area contributed by atoms with Crippen LogP contribution in [0.5, 0.6) is 0 Å². The van der Waals surface area contributed by atoms with Crippen LogP contribution >= 0.6 is 0 Å². The van der Waals surface area contributed by atoms with Gasteiger partial charge in [-0.05, 0) is 24.8 Å². The first kappa shape index (κ1) is 11.1. The van der Waals surface area contributed by atoms with E-state index in [4.69, 9.17) is 0 Å². The third-order valence-corrected chi connectivity index (χ3v) is 4.32. The van der Waals surface area contributed by atoms with Crippen molar-refractivity contribution >= 4 is 5.69 Å². The number of fused-ring (bicyclic) bond motifs is 1. The first-order valence-corrected chi connectivity index (χ1v) is 6.41. The molecule has 0 amide bonds. The van der Waals surface area contributed by atoms with Crippen molar-refractivity contribution in [3.8, 4) is 0 Å². The maximum atomic E-state index is 9.91. The van der Waals surface area contributed by atoms with Crippen LogP contribution in [0.25, 0.3) is 0 Å². The fourth-order valence-electron chi connectivity index (χ4n) is 3.39. The Morgan fingerprint density at radius 3 is 2.76 bits per heavy atom. The molecule has 92 valence electrons. The summed E-state index contributed by atoms with van der Waals surface area (Å²) in [7, 11) is 0. The van der Waals surface area contributed by atoms with E-state index in [2.05, 4.69) is 11.0 Å². The van der Waals surface area contributed by atoms with E-state index in [1.807, 2.05) is 18.2 Å². The second-order valence-electron chi connectivity index (χ2n) is 5.26. The van der Waals surface area contributed by atoms with Crippen LogP contribution in [0.3, 0.4) is 0 Å². The zero-order valence-electron chi connectivity index (χ0n) is 9.92. The average molecular weight is 233 g/mol. The molecular weight excluding hydrogens is 214 g/mol. The Morgan fingerprint density at radius 1 is 1.18 bits per heavy atom. The zero-order valence-corrected chi connectivity index (χ0v) is 9.92. The fourth-order valence-corrected chi connectivity index (χ4v) is 3.39. The van der Waals surface area contributed by atoms with Gasteiger partial charge in [-0.3, -0.25) is 0 Å². The second-order valence-corrected chi connectivity index (χ2v) is 5.26. The number of hydrogen-bond donors (Lipinski definition) is 2. The van der Waals surface area contributed by atoms with Crippen LogP contribution in [-0.2, 0) is 6.61 Å². The minimum absolute atomic E-state index is 0.0879. The summed E-state index contributed by atoms with van der Waals surface area (Å²) in [6.07, 6.45) is 1.99. The van der Waals surface area contributed by atoms with Gasteiger partial charge in [-0.1, -0.05) is 18.2 Å². The first-order chi connectivity index (χ1) is 8.29. The van der Waals surface area contributed by atoms with Gasteiger partial charge in [0.15, 0.2) is 0 Å². The fraction of sp³-hybridized carbons (Fsp3) is 0.571. The highest BCUT2D eigenvalue weighted by Gasteiger charge is 2.42. The van der Waals surface area contributed by atoms with Crippen LogP contribution in [0.4, 0.5) is 5.69 Å². The molecule has 0 spiro atoms. The van der Waals surface area contributed by atoms with Gasteiger partial charge in [0.05, 0.1) is 12.7 Å². The van der Waals surface area contributed by atoms with Crippen LogP contribution in [0, 0.1) is 11.8 Å². The molecule has 1 aliphatic heterocycles. The van der Waals surface area contributed by atoms with Gasteiger partial charge in [0.25, 0.3) is 0 Å². The van der Waals surface area contributed by atoms with Crippen LogP contribution in [0.15, 0.2) is 24.3 Å². The standard InChI is InChI=1S/C14H19NO2/c16-9-11-3-1-2-4-13(11)15-7-10-5-6-14(17)12(10)8-15/h1-4,10,12,14,16-17H,5-9H2. The van der Waals surface area contributed by atoms with Gasteiger partial charge in [0.2, 0.25) is 0 Å². The maximum Gasteiger partial charge on any atom is 0.0702 e. The second kappa shape index (κ2) is 4.31. The molecule has 0 bridgehead atoms. The van der Waals surface area contributed by atoms with Crippen LogP contribution in [0.1, 0.15) is 18.4 Å². The topological polar surface area (TPSA) is 43.7 Å². The van der Waals surface area contributed by atoms with Crippen LogP contribution < -0.4 is 4.90 Å². The molecule has 1 saturated carbocycles. The lowest BCUT2D eigenvalue weighted by Crippen LogP contribution is -2.25. The van der Waals surface area contributed by atoms with E-state index in [0.717, 1.165) is 37.2 Å². The Hall–Kier alpha value is -1.06. The summed E-state index contributed by atoms with van der Waals surface area (Å²) < 4.78 is 0. The van der Waals surface area contributed by atoms with Gasteiger partial charge < -0.3 is 15.1 Å². The van der Waals surface area contributed by atoms with Gasteiger partial charge >= 0.3 is 0 Å². The highest BCUT2D eigenvalue weighted by molar-refractivity contribution is 5.54. The molecule has 2 fully saturated rings. The van der Waals surface area contributed by atoms with Crippen molar-refractivity contribution in [2.45, 2.75) is 25.6 Å². The van der Waals surface area contributed by atoms with Crippen molar-refractivity contribution in [1.29, 1.82) is 0 Å². The molecule has 3 nitrogen and oxygen atoms in total. The number of aliphatic hydroxyl groups is 2. The number of nitrogens with zero attached hydrogens (tertiary/aromatic N) is 1. The molecule has 1 aliphatic carbocycles. The molecule has 1 saturated heterocycles. The molecule has 17 heavy (non-hydrogen) atoms. The lowest BCUT2D eigenvalue weighted by molar-refractivity contribution is 0.133. The van der Waals surface area contributed by atoms with Crippen molar-refractivity contribution in [3.05, 3.63) is 29.8 Å². The normalized spacial score (nSPS) is 31.9. The summed E-state index contributed by atoms with van der Waals surface area (Å²) in [5.74, 6) is 1.07. The molecular formula is C14H19NO2. The minimum atomic E-state index is -0.119. The summed E-state index contributed by atoms with van der Waals surface area (Å²) in [6, 6.07) is 8.01. The van der Waals surface area contributed by atoms with E-state index in [1.54, 1.807) is 0 Å². The molecule has 0 radical (unpaired) electrons. The first-order valence-electron chi connectivity index (χ1n) is 6.41. The predicted molar refractivity (Wildman–Crippen MR) is 66.8 cm³/mol. The van der Waals surface area contributed by atoms with Crippen LogP contribution in [0.2, 0.25) is 0 Å². The van der Waals surface area contributed by atoms with Gasteiger partial charge in [-0.2, -0.15) is 0 Å². The molecule has 3 heteroatoms. The molecule has 0 aromatic heterocycles. The quantitative estimate of drug-likeness (QED) is 0.811. The minimum Gasteiger partial charge on any atom is -0.393 e.